The molecule has 0 aromatic heterocycles. The lowest BCUT2D eigenvalue weighted by Crippen LogP contribution is -2.48. The molecular weight excluding hydrogens is 372 g/mol. The molecule has 4 aliphatic rings. The van der Waals surface area contributed by atoms with Gasteiger partial charge in [-0.05, 0) is 110 Å². The van der Waals surface area contributed by atoms with Crippen molar-refractivity contribution in [1.82, 2.24) is 0 Å². The highest BCUT2D eigenvalue weighted by molar-refractivity contribution is 5.87. The van der Waals surface area contributed by atoms with Crippen molar-refractivity contribution in [3.8, 4) is 16.9 Å². The zero-order valence-electron chi connectivity index (χ0n) is 17.6. The maximum Gasteiger partial charge on any atom is 0.330 e. The molecule has 3 nitrogen and oxygen atoms in total. The Balaban J connectivity index is 1.46. The summed E-state index contributed by atoms with van der Waals surface area (Å²) in [5.74, 6) is 2.66. The first-order valence-electron chi connectivity index (χ1n) is 11.3. The molecule has 4 bridgehead atoms. The Labute approximate surface area is 178 Å². The van der Waals surface area contributed by atoms with Gasteiger partial charge in [0, 0.05) is 11.6 Å². The Hall–Kier alpha value is -2.55. The number of aromatic hydroxyl groups is 1. The van der Waals surface area contributed by atoms with Crippen molar-refractivity contribution >= 4 is 12.0 Å². The molecule has 0 amide bonds. The molecule has 0 spiro atoms. The van der Waals surface area contributed by atoms with Gasteiger partial charge in [-0.15, -0.1) is 0 Å². The largest absolute Gasteiger partial charge is 0.508 e. The Morgan fingerprint density at radius 2 is 1.70 bits per heavy atom. The third kappa shape index (κ3) is 3.55. The SMILES string of the molecule is CCOC(=O)/C=C/c1cccc(-c2ccc(O)c(C34CC5CC(CC(C5)C3)C4)c2)c1. The minimum Gasteiger partial charge on any atom is -0.508 e. The second kappa shape index (κ2) is 7.61. The third-order valence-corrected chi connectivity index (χ3v) is 7.52. The molecule has 0 aliphatic heterocycles. The maximum atomic E-state index is 11.6. The number of esters is 1. The Bertz CT molecular complexity index is 952. The lowest BCUT2D eigenvalue weighted by atomic mass is 9.48. The highest BCUT2D eigenvalue weighted by Gasteiger charge is 2.52. The van der Waals surface area contributed by atoms with Crippen LogP contribution < -0.4 is 0 Å². The molecule has 30 heavy (non-hydrogen) atoms. The Morgan fingerprint density at radius 1 is 1.03 bits per heavy atom. The van der Waals surface area contributed by atoms with Crippen molar-refractivity contribution in [2.75, 3.05) is 6.61 Å². The first-order valence-corrected chi connectivity index (χ1v) is 11.3. The minimum absolute atomic E-state index is 0.163. The van der Waals surface area contributed by atoms with Gasteiger partial charge in [-0.3, -0.25) is 0 Å². The van der Waals surface area contributed by atoms with Gasteiger partial charge in [0.15, 0.2) is 0 Å². The molecule has 0 saturated heterocycles. The van der Waals surface area contributed by atoms with Crippen LogP contribution in [0.15, 0.2) is 48.5 Å². The van der Waals surface area contributed by atoms with E-state index in [9.17, 15) is 9.90 Å². The van der Waals surface area contributed by atoms with Crippen molar-refractivity contribution in [2.24, 2.45) is 17.8 Å². The van der Waals surface area contributed by atoms with Crippen LogP contribution in [0.25, 0.3) is 17.2 Å². The quantitative estimate of drug-likeness (QED) is 0.485. The highest BCUT2D eigenvalue weighted by atomic mass is 16.5. The molecule has 0 atom stereocenters. The van der Waals surface area contributed by atoms with E-state index in [1.807, 2.05) is 24.3 Å². The average molecular weight is 403 g/mol. The van der Waals surface area contributed by atoms with E-state index in [0.29, 0.717) is 12.4 Å². The van der Waals surface area contributed by atoms with Crippen molar-refractivity contribution in [3.05, 3.63) is 59.7 Å². The molecule has 0 heterocycles. The van der Waals surface area contributed by atoms with Crippen LogP contribution in [0.1, 0.15) is 56.6 Å². The first kappa shape index (κ1) is 19.4. The zero-order valence-corrected chi connectivity index (χ0v) is 17.6. The standard InChI is InChI=1S/C27H30O3/c1-2-30-26(29)9-6-18-4-3-5-22(13-18)23-7-8-25(28)24(14-23)27-15-19-10-20(16-27)12-21(11-19)17-27/h3-9,13-14,19-21,28H,2,10-12,15-17H2,1H3/b9-6+. The molecule has 6 rings (SSSR count). The molecule has 4 saturated carbocycles. The maximum absolute atomic E-state index is 11.6. The number of carbonyl (C=O) groups is 1. The number of hydrogen-bond acceptors (Lipinski definition) is 3. The van der Waals surface area contributed by atoms with Crippen LogP contribution in [0, 0.1) is 17.8 Å². The van der Waals surface area contributed by atoms with Crippen molar-refractivity contribution in [2.45, 2.75) is 50.9 Å². The second-order valence-corrected chi connectivity index (χ2v) is 9.64. The molecule has 0 radical (unpaired) electrons. The first-order chi connectivity index (χ1) is 14.5. The number of phenols is 1. The number of hydrogen-bond donors (Lipinski definition) is 1. The summed E-state index contributed by atoms with van der Waals surface area (Å²) in [5, 5.41) is 10.8. The topological polar surface area (TPSA) is 46.5 Å². The van der Waals surface area contributed by atoms with Gasteiger partial charge in [0.1, 0.15) is 5.75 Å². The van der Waals surface area contributed by atoms with Crippen LogP contribution in [-0.4, -0.2) is 17.7 Å². The van der Waals surface area contributed by atoms with Crippen LogP contribution in [0.2, 0.25) is 0 Å². The summed E-state index contributed by atoms with van der Waals surface area (Å²) < 4.78 is 4.97. The third-order valence-electron chi connectivity index (χ3n) is 7.52. The van der Waals surface area contributed by atoms with Gasteiger partial charge in [0.2, 0.25) is 0 Å². The van der Waals surface area contributed by atoms with Gasteiger partial charge in [-0.1, -0.05) is 24.3 Å². The molecule has 1 N–H and O–H groups in total. The summed E-state index contributed by atoms with van der Waals surface area (Å²) in [7, 11) is 0. The van der Waals surface area contributed by atoms with E-state index >= 15 is 0 Å². The molecule has 2 aromatic rings. The summed E-state index contributed by atoms with van der Waals surface area (Å²) in [6.07, 6.45) is 11.2. The van der Waals surface area contributed by atoms with Crippen LogP contribution in [0.4, 0.5) is 0 Å². The van der Waals surface area contributed by atoms with Gasteiger partial charge >= 0.3 is 5.97 Å². The smallest absolute Gasteiger partial charge is 0.330 e. The van der Waals surface area contributed by atoms with Gasteiger partial charge in [0.25, 0.3) is 0 Å². The van der Waals surface area contributed by atoms with E-state index in [-0.39, 0.29) is 11.4 Å². The predicted molar refractivity (Wildman–Crippen MR) is 119 cm³/mol. The lowest BCUT2D eigenvalue weighted by molar-refractivity contribution is -0.137. The summed E-state index contributed by atoms with van der Waals surface area (Å²) in [6, 6.07) is 14.3. The van der Waals surface area contributed by atoms with E-state index in [2.05, 4.69) is 18.2 Å². The minimum atomic E-state index is -0.323. The molecule has 2 aromatic carbocycles. The number of rotatable bonds is 5. The summed E-state index contributed by atoms with van der Waals surface area (Å²) in [5.41, 5.74) is 4.52. The van der Waals surface area contributed by atoms with Gasteiger partial charge < -0.3 is 9.84 Å². The van der Waals surface area contributed by atoms with Crippen molar-refractivity contribution < 1.29 is 14.6 Å². The molecule has 4 aliphatic carbocycles. The van der Waals surface area contributed by atoms with E-state index < -0.39 is 0 Å². The van der Waals surface area contributed by atoms with Crippen LogP contribution >= 0.6 is 0 Å². The average Bonchev–Trinajstić information content (AvgIpc) is 2.72. The monoisotopic (exact) mass is 402 g/mol. The van der Waals surface area contributed by atoms with E-state index in [0.717, 1.165) is 40.0 Å². The molecule has 0 unspecified atom stereocenters. The summed E-state index contributed by atoms with van der Waals surface area (Å²) in [4.78, 5) is 11.6. The van der Waals surface area contributed by atoms with Gasteiger partial charge in [0.05, 0.1) is 6.61 Å². The van der Waals surface area contributed by atoms with Crippen LogP contribution in [0.5, 0.6) is 5.75 Å². The normalized spacial score (nSPS) is 29.4. The van der Waals surface area contributed by atoms with Crippen LogP contribution in [0.3, 0.4) is 0 Å². The number of benzene rings is 2. The molecule has 3 heteroatoms. The fourth-order valence-corrected chi connectivity index (χ4v) is 6.76. The van der Waals surface area contributed by atoms with E-state index in [4.69, 9.17) is 4.74 Å². The summed E-state index contributed by atoms with van der Waals surface area (Å²) in [6.45, 7) is 2.18. The number of ether oxygens (including phenoxy) is 1. The van der Waals surface area contributed by atoms with E-state index in [1.54, 1.807) is 13.0 Å². The Kier molecular flexibility index (Phi) is 4.92. The molecule has 156 valence electrons. The van der Waals surface area contributed by atoms with Gasteiger partial charge in [-0.2, -0.15) is 0 Å². The van der Waals surface area contributed by atoms with Crippen LogP contribution in [-0.2, 0) is 14.9 Å². The number of phenolic OH excluding ortho intramolecular Hbond substituents is 1. The predicted octanol–water partition coefficient (Wildman–Crippen LogP) is 6.10. The zero-order chi connectivity index (χ0) is 20.7. The summed E-state index contributed by atoms with van der Waals surface area (Å²) >= 11 is 0. The fraction of sp³-hybridized carbons (Fsp3) is 0.444. The van der Waals surface area contributed by atoms with Gasteiger partial charge in [-0.25, -0.2) is 4.79 Å². The number of carbonyl (C=O) groups excluding carboxylic acids is 1. The fourth-order valence-electron chi connectivity index (χ4n) is 6.76. The highest BCUT2D eigenvalue weighted by Crippen LogP contribution is 2.62. The molecule has 4 fully saturated rings. The van der Waals surface area contributed by atoms with Crippen molar-refractivity contribution in [1.29, 1.82) is 0 Å². The Morgan fingerprint density at radius 3 is 2.37 bits per heavy atom. The van der Waals surface area contributed by atoms with E-state index in [1.165, 1.54) is 44.6 Å². The second-order valence-electron chi connectivity index (χ2n) is 9.64. The molecular formula is C27H30O3. The lowest BCUT2D eigenvalue weighted by Gasteiger charge is -2.57. The van der Waals surface area contributed by atoms with Crippen molar-refractivity contribution in [3.63, 3.8) is 0 Å².